The summed E-state index contributed by atoms with van der Waals surface area (Å²) in [6.07, 6.45) is 1.78. The molecular weight excluding hydrogens is 472 g/mol. The molecule has 0 aliphatic carbocycles. The van der Waals surface area contributed by atoms with Crippen LogP contribution < -0.4 is 4.90 Å². The number of para-hydroxylation sites is 1. The van der Waals surface area contributed by atoms with Crippen LogP contribution >= 0.6 is 11.3 Å². The van der Waals surface area contributed by atoms with Crippen LogP contribution in [0, 0.1) is 0 Å². The number of aromatic nitrogens is 1. The minimum Gasteiger partial charge on any atom is -0.377 e. The van der Waals surface area contributed by atoms with Crippen molar-refractivity contribution < 1.29 is 17.9 Å². The minimum atomic E-state index is -3.63. The minimum absolute atomic E-state index is 0.0537. The van der Waals surface area contributed by atoms with Crippen molar-refractivity contribution in [3.8, 4) is 0 Å². The third kappa shape index (κ3) is 4.68. The zero-order valence-corrected chi connectivity index (χ0v) is 20.7. The molecule has 180 valence electrons. The lowest BCUT2D eigenvalue weighted by atomic mass is 10.2. The highest BCUT2D eigenvalue weighted by atomic mass is 32.2. The molecule has 1 atom stereocenters. The van der Waals surface area contributed by atoms with E-state index in [-0.39, 0.29) is 16.9 Å². The van der Waals surface area contributed by atoms with Crippen molar-refractivity contribution in [2.45, 2.75) is 23.8 Å². The van der Waals surface area contributed by atoms with Gasteiger partial charge in [0.05, 0.1) is 21.2 Å². The van der Waals surface area contributed by atoms with Gasteiger partial charge < -0.3 is 14.5 Å². The summed E-state index contributed by atoms with van der Waals surface area (Å²) in [7, 11) is -2.06. The van der Waals surface area contributed by atoms with Gasteiger partial charge in [0.25, 0.3) is 5.91 Å². The number of hydrogen-bond acceptors (Lipinski definition) is 7. The Morgan fingerprint density at radius 2 is 1.85 bits per heavy atom. The molecule has 2 saturated heterocycles. The third-order valence-corrected chi connectivity index (χ3v) is 9.35. The van der Waals surface area contributed by atoms with E-state index >= 15 is 0 Å². The first-order valence-electron chi connectivity index (χ1n) is 11.5. The quantitative estimate of drug-likeness (QED) is 0.517. The number of ether oxygens (including phenoxy) is 1. The zero-order valence-electron chi connectivity index (χ0n) is 19.1. The van der Waals surface area contributed by atoms with Gasteiger partial charge in [-0.3, -0.25) is 4.79 Å². The molecule has 0 N–H and O–H groups in total. The van der Waals surface area contributed by atoms with Crippen LogP contribution in [0.15, 0.2) is 53.4 Å². The first kappa shape index (κ1) is 23.2. The zero-order chi connectivity index (χ0) is 23.7. The van der Waals surface area contributed by atoms with Crippen molar-refractivity contribution in [1.82, 2.24) is 14.2 Å². The summed E-state index contributed by atoms with van der Waals surface area (Å²) in [5.41, 5.74) is 1.49. The number of amides is 1. The van der Waals surface area contributed by atoms with Crippen LogP contribution in [0.5, 0.6) is 0 Å². The fraction of sp³-hybridized carbons (Fsp3) is 0.417. The monoisotopic (exact) mass is 500 g/mol. The Balaban J connectivity index is 1.20. The van der Waals surface area contributed by atoms with Crippen molar-refractivity contribution in [3.05, 3.63) is 54.1 Å². The van der Waals surface area contributed by atoms with Crippen LogP contribution in [-0.4, -0.2) is 81.0 Å². The molecule has 2 aromatic carbocycles. The Hall–Kier alpha value is -2.53. The van der Waals surface area contributed by atoms with Gasteiger partial charge in [0.15, 0.2) is 5.13 Å². The number of carbonyl (C=O) groups is 1. The number of carbonyl (C=O) groups excluding carboxylic acids is 1. The molecule has 0 saturated carbocycles. The van der Waals surface area contributed by atoms with Crippen molar-refractivity contribution in [3.63, 3.8) is 0 Å². The molecule has 0 radical (unpaired) electrons. The second kappa shape index (κ2) is 9.61. The smallest absolute Gasteiger partial charge is 0.253 e. The molecule has 1 amide bonds. The molecule has 0 spiro atoms. The molecule has 10 heteroatoms. The van der Waals surface area contributed by atoms with E-state index in [1.807, 2.05) is 23.1 Å². The second-order valence-corrected chi connectivity index (χ2v) is 11.7. The highest BCUT2D eigenvalue weighted by Crippen LogP contribution is 2.29. The molecular formula is C24H28N4O4S2. The predicted molar refractivity (Wildman–Crippen MR) is 133 cm³/mol. The van der Waals surface area contributed by atoms with Gasteiger partial charge in [0, 0.05) is 51.9 Å². The van der Waals surface area contributed by atoms with E-state index in [2.05, 4.69) is 11.0 Å². The maximum Gasteiger partial charge on any atom is 0.253 e. The van der Waals surface area contributed by atoms with Gasteiger partial charge in [-0.1, -0.05) is 23.5 Å². The fourth-order valence-electron chi connectivity index (χ4n) is 4.40. The van der Waals surface area contributed by atoms with Crippen molar-refractivity contribution in [2.75, 3.05) is 51.3 Å². The molecule has 2 aliphatic rings. The summed E-state index contributed by atoms with van der Waals surface area (Å²) in [6.45, 7) is 3.64. The predicted octanol–water partition coefficient (Wildman–Crippen LogP) is 3.06. The molecule has 8 nitrogen and oxygen atoms in total. The highest BCUT2D eigenvalue weighted by Gasteiger charge is 2.27. The molecule has 1 unspecified atom stereocenters. The van der Waals surface area contributed by atoms with Crippen molar-refractivity contribution >= 4 is 42.6 Å². The number of rotatable bonds is 6. The van der Waals surface area contributed by atoms with Gasteiger partial charge in [0.2, 0.25) is 10.0 Å². The van der Waals surface area contributed by atoms with Gasteiger partial charge >= 0.3 is 0 Å². The molecule has 34 heavy (non-hydrogen) atoms. The first-order valence-corrected chi connectivity index (χ1v) is 13.8. The van der Waals surface area contributed by atoms with Crippen LogP contribution in [0.1, 0.15) is 23.2 Å². The molecule has 3 aromatic rings. The van der Waals surface area contributed by atoms with Crippen LogP contribution in [0.25, 0.3) is 10.2 Å². The number of fused-ring (bicyclic) bond motifs is 1. The highest BCUT2D eigenvalue weighted by molar-refractivity contribution is 7.89. The van der Waals surface area contributed by atoms with Crippen LogP contribution in [-0.2, 0) is 14.8 Å². The number of sulfonamides is 1. The maximum absolute atomic E-state index is 13.0. The average Bonchev–Trinajstić information content (AvgIpc) is 3.53. The van der Waals surface area contributed by atoms with Gasteiger partial charge in [-0.05, 0) is 49.2 Å². The third-order valence-electron chi connectivity index (χ3n) is 6.41. The lowest BCUT2D eigenvalue weighted by Gasteiger charge is -2.34. The number of anilines is 1. The molecule has 0 bridgehead atoms. The van der Waals surface area contributed by atoms with Gasteiger partial charge in [0.1, 0.15) is 0 Å². The molecule has 3 heterocycles. The SMILES string of the molecule is CN(CC1CCCO1)S(=O)(=O)c1ccc(C(=O)N2CCN(c3nc4ccccc4s3)CC2)cc1. The van der Waals surface area contributed by atoms with Gasteiger partial charge in [-0.15, -0.1) is 0 Å². The van der Waals surface area contributed by atoms with Crippen molar-refractivity contribution in [1.29, 1.82) is 0 Å². The number of hydrogen-bond donors (Lipinski definition) is 0. The maximum atomic E-state index is 13.0. The van der Waals surface area contributed by atoms with E-state index in [0.29, 0.717) is 44.9 Å². The standard InChI is InChI=1S/C24H28N4O4S2/c1-26(17-19-5-4-16-32-19)34(30,31)20-10-8-18(9-11-20)23(29)27-12-14-28(15-13-27)24-25-21-6-2-3-7-22(21)33-24/h2-3,6-11,19H,4-5,12-17H2,1H3. The number of benzene rings is 2. The largest absolute Gasteiger partial charge is 0.377 e. The second-order valence-electron chi connectivity index (χ2n) is 8.69. The number of thiazole rings is 1. The lowest BCUT2D eigenvalue weighted by Crippen LogP contribution is -2.48. The summed E-state index contributed by atoms with van der Waals surface area (Å²) in [5.74, 6) is -0.0828. The van der Waals surface area contributed by atoms with Crippen LogP contribution in [0.4, 0.5) is 5.13 Å². The Kier molecular flexibility index (Phi) is 6.57. The van der Waals surface area contributed by atoms with Gasteiger partial charge in [-0.2, -0.15) is 4.31 Å². The van der Waals surface area contributed by atoms with Crippen molar-refractivity contribution in [2.24, 2.45) is 0 Å². The number of nitrogens with zero attached hydrogens (tertiary/aromatic N) is 4. The Morgan fingerprint density at radius 3 is 2.53 bits per heavy atom. The molecule has 2 fully saturated rings. The van der Waals surface area contributed by atoms with E-state index in [9.17, 15) is 13.2 Å². The van der Waals surface area contributed by atoms with E-state index in [1.54, 1.807) is 30.5 Å². The summed E-state index contributed by atoms with van der Waals surface area (Å²) in [5, 5.41) is 0.981. The topological polar surface area (TPSA) is 83.0 Å². The lowest BCUT2D eigenvalue weighted by molar-refractivity contribution is 0.0746. The Labute approximate surface area is 203 Å². The Morgan fingerprint density at radius 1 is 1.12 bits per heavy atom. The molecule has 5 rings (SSSR count). The fourth-order valence-corrected chi connectivity index (χ4v) is 6.62. The van der Waals surface area contributed by atoms with E-state index < -0.39 is 10.0 Å². The number of piperazine rings is 1. The van der Waals surface area contributed by atoms with Crippen LogP contribution in [0.2, 0.25) is 0 Å². The molecule has 1 aromatic heterocycles. The average molecular weight is 501 g/mol. The summed E-state index contributed by atoms with van der Waals surface area (Å²) in [4.78, 5) is 22.0. The summed E-state index contributed by atoms with van der Waals surface area (Å²) in [6, 6.07) is 14.3. The normalized spacial score (nSPS) is 19.3. The summed E-state index contributed by atoms with van der Waals surface area (Å²) >= 11 is 1.67. The van der Waals surface area contributed by atoms with E-state index in [4.69, 9.17) is 9.72 Å². The van der Waals surface area contributed by atoms with E-state index in [0.717, 1.165) is 28.2 Å². The molecule has 2 aliphatic heterocycles. The summed E-state index contributed by atoms with van der Waals surface area (Å²) < 4.78 is 33.9. The van der Waals surface area contributed by atoms with E-state index in [1.165, 1.54) is 16.4 Å². The van der Waals surface area contributed by atoms with Gasteiger partial charge in [-0.25, -0.2) is 13.4 Å². The van der Waals surface area contributed by atoms with Crippen LogP contribution in [0.3, 0.4) is 0 Å². The first-order chi connectivity index (χ1) is 16.4. The number of likely N-dealkylation sites (N-methyl/N-ethyl adjacent to an activating group) is 1. The Bertz CT molecular complexity index is 1230.